The number of halogens is 3. The number of rotatable bonds is 2. The number of aryl methyl sites for hydroxylation is 1. The molecule has 0 aliphatic carbocycles. The van der Waals surface area contributed by atoms with Crippen LogP contribution >= 0.6 is 0 Å². The number of hydrogen-bond acceptors (Lipinski definition) is 1. The number of nitrogens with zero attached hydrogens (tertiary/aromatic N) is 1. The van der Waals surface area contributed by atoms with Crippen LogP contribution in [0.3, 0.4) is 0 Å². The van der Waals surface area contributed by atoms with Crippen molar-refractivity contribution in [1.82, 2.24) is 0 Å². The molecule has 1 unspecified atom stereocenters. The maximum atomic E-state index is 13.6. The second kappa shape index (κ2) is 6.11. The Bertz CT molecular complexity index is 704. The Hall–Kier alpha value is -2.23. The Kier molecular flexibility index (Phi) is 4.16. The molecule has 0 spiro atoms. The summed E-state index contributed by atoms with van der Waals surface area (Å²) in [7, 11) is 0. The van der Waals surface area contributed by atoms with E-state index >= 15 is 0 Å². The van der Waals surface area contributed by atoms with Gasteiger partial charge >= 0.3 is 6.18 Å². The fraction of sp³-hybridized carbons (Fsp3) is 0.263. The summed E-state index contributed by atoms with van der Waals surface area (Å²) < 4.78 is 40.7. The number of para-hydroxylation sites is 1. The van der Waals surface area contributed by atoms with Gasteiger partial charge in [-0.05, 0) is 37.0 Å². The van der Waals surface area contributed by atoms with Gasteiger partial charge in [-0.25, -0.2) is 0 Å². The molecule has 0 aromatic heterocycles. The van der Waals surface area contributed by atoms with Gasteiger partial charge in [-0.15, -0.1) is 0 Å². The minimum Gasteiger partial charge on any atom is -0.344 e. The molecule has 1 heterocycles. The largest absolute Gasteiger partial charge is 0.418 e. The highest BCUT2D eigenvalue weighted by molar-refractivity contribution is 5.73. The molecule has 0 saturated carbocycles. The topological polar surface area (TPSA) is 3.24 Å². The number of fused-ring (bicyclic) bond motifs is 1. The normalized spacial score (nSPS) is 18.7. The van der Waals surface area contributed by atoms with Crippen molar-refractivity contribution in [2.24, 2.45) is 0 Å². The molecular formula is C19H18F3N. The van der Waals surface area contributed by atoms with Crippen molar-refractivity contribution in [3.8, 4) is 0 Å². The lowest BCUT2D eigenvalue weighted by molar-refractivity contribution is -0.0690. The quantitative estimate of drug-likeness (QED) is 0.714. The maximum absolute atomic E-state index is 13.6. The second-order valence-electron chi connectivity index (χ2n) is 5.83. The zero-order valence-corrected chi connectivity index (χ0v) is 12.8. The molecule has 0 saturated heterocycles. The van der Waals surface area contributed by atoms with Crippen molar-refractivity contribution >= 4 is 11.3 Å². The second-order valence-corrected chi connectivity index (χ2v) is 5.83. The summed E-state index contributed by atoms with van der Waals surface area (Å²) in [4.78, 5) is 1.76. The lowest BCUT2D eigenvalue weighted by Gasteiger charge is -2.35. The van der Waals surface area contributed by atoms with Crippen LogP contribution in [-0.2, 0) is 6.42 Å². The molecule has 4 heteroatoms. The van der Waals surface area contributed by atoms with Crippen LogP contribution in [0.25, 0.3) is 5.57 Å². The van der Waals surface area contributed by atoms with E-state index in [0.29, 0.717) is 0 Å². The molecule has 1 aliphatic rings. The van der Waals surface area contributed by atoms with Gasteiger partial charge < -0.3 is 4.90 Å². The smallest absolute Gasteiger partial charge is 0.344 e. The van der Waals surface area contributed by atoms with Gasteiger partial charge in [-0.3, -0.25) is 0 Å². The van der Waals surface area contributed by atoms with E-state index in [1.165, 1.54) is 18.3 Å². The highest BCUT2D eigenvalue weighted by atomic mass is 19.4. The van der Waals surface area contributed by atoms with E-state index in [4.69, 9.17) is 0 Å². The van der Waals surface area contributed by atoms with E-state index in [2.05, 4.69) is 0 Å². The van der Waals surface area contributed by atoms with Crippen molar-refractivity contribution in [2.75, 3.05) is 4.90 Å². The van der Waals surface area contributed by atoms with E-state index in [-0.39, 0.29) is 11.6 Å². The monoisotopic (exact) mass is 317 g/mol. The van der Waals surface area contributed by atoms with Gasteiger partial charge in [0.2, 0.25) is 0 Å². The van der Waals surface area contributed by atoms with E-state index in [1.807, 2.05) is 31.2 Å². The Morgan fingerprint density at radius 1 is 1.04 bits per heavy atom. The van der Waals surface area contributed by atoms with E-state index in [0.717, 1.165) is 24.1 Å². The zero-order valence-electron chi connectivity index (χ0n) is 12.8. The average Bonchev–Trinajstić information content (AvgIpc) is 2.53. The van der Waals surface area contributed by atoms with Crippen LogP contribution in [0.2, 0.25) is 0 Å². The van der Waals surface area contributed by atoms with Gasteiger partial charge in [0, 0.05) is 17.9 Å². The summed E-state index contributed by atoms with van der Waals surface area (Å²) in [5.41, 5.74) is 1.54. The summed E-state index contributed by atoms with van der Waals surface area (Å²) >= 11 is 0. The maximum Gasteiger partial charge on any atom is 0.418 e. The first-order valence-corrected chi connectivity index (χ1v) is 7.67. The van der Waals surface area contributed by atoms with Crippen LogP contribution < -0.4 is 4.90 Å². The van der Waals surface area contributed by atoms with Gasteiger partial charge in [0.15, 0.2) is 0 Å². The molecule has 0 radical (unpaired) electrons. The van der Waals surface area contributed by atoms with Crippen molar-refractivity contribution < 1.29 is 13.2 Å². The van der Waals surface area contributed by atoms with Crippen LogP contribution in [0.1, 0.15) is 24.5 Å². The van der Waals surface area contributed by atoms with Gasteiger partial charge in [-0.2, -0.15) is 13.2 Å². The molecule has 1 atom stereocenters. The average molecular weight is 317 g/mol. The minimum absolute atomic E-state index is 0.0333. The molecule has 2 aromatic rings. The van der Waals surface area contributed by atoms with Crippen molar-refractivity contribution in [1.29, 1.82) is 0 Å². The molecule has 0 bridgehead atoms. The van der Waals surface area contributed by atoms with Gasteiger partial charge in [0.1, 0.15) is 0 Å². The van der Waals surface area contributed by atoms with Gasteiger partial charge in [0.05, 0.1) is 5.57 Å². The third-order valence-corrected chi connectivity index (χ3v) is 4.23. The Balaban J connectivity index is 2.10. The van der Waals surface area contributed by atoms with Gasteiger partial charge in [-0.1, -0.05) is 48.5 Å². The molecule has 120 valence electrons. The highest BCUT2D eigenvalue weighted by Crippen LogP contribution is 2.37. The Labute approximate surface area is 134 Å². The van der Waals surface area contributed by atoms with Gasteiger partial charge in [0.25, 0.3) is 0 Å². The highest BCUT2D eigenvalue weighted by Gasteiger charge is 2.36. The fourth-order valence-electron chi connectivity index (χ4n) is 2.98. The van der Waals surface area contributed by atoms with Crippen LogP contribution in [0.4, 0.5) is 18.9 Å². The first kappa shape index (κ1) is 15.7. The predicted octanol–water partition coefficient (Wildman–Crippen LogP) is 5.43. The summed E-state index contributed by atoms with van der Waals surface area (Å²) in [6.07, 6.45) is -1.40. The molecule has 1 aliphatic heterocycles. The summed E-state index contributed by atoms with van der Waals surface area (Å²) in [5, 5.41) is 0. The zero-order chi connectivity index (χ0) is 16.4. The van der Waals surface area contributed by atoms with E-state index in [9.17, 15) is 13.2 Å². The molecule has 23 heavy (non-hydrogen) atoms. The number of hydrogen-bond donors (Lipinski definition) is 0. The summed E-state index contributed by atoms with van der Waals surface area (Å²) in [6, 6.07) is 15.7. The van der Waals surface area contributed by atoms with Crippen molar-refractivity contribution in [3.63, 3.8) is 0 Å². The molecule has 3 rings (SSSR count). The Morgan fingerprint density at radius 3 is 2.39 bits per heavy atom. The SMILES string of the molecule is CC1CCc2ccccc2N1/C=C(/c1ccccc1)C(F)(F)F. The summed E-state index contributed by atoms with van der Waals surface area (Å²) in [6.45, 7) is 1.96. The first-order chi connectivity index (χ1) is 11.0. The standard InChI is InChI=1S/C19H18F3N/c1-14-11-12-16-9-5-6-10-18(16)23(14)13-17(19(20,21)22)15-7-3-2-4-8-15/h2-10,13-14H,11-12H2,1H3/b17-13-. The molecular weight excluding hydrogens is 299 g/mol. The molecule has 2 aromatic carbocycles. The van der Waals surface area contributed by atoms with Crippen molar-refractivity contribution in [2.45, 2.75) is 32.0 Å². The van der Waals surface area contributed by atoms with Crippen LogP contribution in [0.15, 0.2) is 60.8 Å². The molecule has 0 N–H and O–H groups in total. The van der Waals surface area contributed by atoms with E-state index in [1.54, 1.807) is 23.1 Å². The lowest BCUT2D eigenvalue weighted by Crippen LogP contribution is -2.34. The number of allylic oxidation sites excluding steroid dienone is 1. The van der Waals surface area contributed by atoms with E-state index < -0.39 is 11.7 Å². The lowest BCUT2D eigenvalue weighted by atomic mass is 9.96. The number of alkyl halides is 3. The van der Waals surface area contributed by atoms with Crippen LogP contribution in [-0.4, -0.2) is 12.2 Å². The number of anilines is 1. The predicted molar refractivity (Wildman–Crippen MR) is 87.2 cm³/mol. The number of benzene rings is 2. The summed E-state index contributed by atoms with van der Waals surface area (Å²) in [5.74, 6) is 0. The fourth-order valence-corrected chi connectivity index (χ4v) is 2.98. The molecule has 1 nitrogen and oxygen atoms in total. The third-order valence-electron chi connectivity index (χ3n) is 4.23. The van der Waals surface area contributed by atoms with Crippen LogP contribution in [0.5, 0.6) is 0 Å². The molecule has 0 amide bonds. The third kappa shape index (κ3) is 3.26. The van der Waals surface area contributed by atoms with Crippen LogP contribution in [0, 0.1) is 0 Å². The Morgan fingerprint density at radius 2 is 1.70 bits per heavy atom. The minimum atomic E-state index is -4.40. The van der Waals surface area contributed by atoms with Crippen molar-refractivity contribution in [3.05, 3.63) is 71.9 Å². The first-order valence-electron chi connectivity index (χ1n) is 7.67. The molecule has 0 fully saturated rings.